The van der Waals surface area contributed by atoms with Gasteiger partial charge in [-0.1, -0.05) is 170 Å². The molecule has 0 spiro atoms. The summed E-state index contributed by atoms with van der Waals surface area (Å²) in [5.74, 6) is -10.1. The molecule has 4 aromatic rings. The average molecular weight is 1950 g/mol. The molecule has 3 aliphatic heterocycles. The maximum absolute atomic E-state index is 14.4. The van der Waals surface area contributed by atoms with Gasteiger partial charge in [0, 0.05) is 126 Å². The summed E-state index contributed by atoms with van der Waals surface area (Å²) in [5, 5.41) is 76.5. The van der Waals surface area contributed by atoms with Gasteiger partial charge < -0.3 is 116 Å². The molecule has 0 bridgehead atoms. The first-order valence-electron chi connectivity index (χ1n) is 48.6. The fourth-order valence-corrected chi connectivity index (χ4v) is 15.9. The van der Waals surface area contributed by atoms with Gasteiger partial charge in [-0.3, -0.25) is 86.7 Å². The third-order valence-corrected chi connectivity index (χ3v) is 23.9. The van der Waals surface area contributed by atoms with Crippen LogP contribution in [-0.4, -0.2) is 292 Å². The molecule has 2 aromatic heterocycles. The van der Waals surface area contributed by atoms with Crippen molar-refractivity contribution in [2.45, 2.75) is 306 Å². The van der Waals surface area contributed by atoms with E-state index in [0.29, 0.717) is 69.2 Å². The quantitative estimate of drug-likeness (QED) is 0.0160. The maximum atomic E-state index is 14.4. The second-order valence-electron chi connectivity index (χ2n) is 35.2. The third kappa shape index (κ3) is 44.9. The summed E-state index contributed by atoms with van der Waals surface area (Å²) >= 11 is 0. The maximum Gasteiger partial charge on any atom is 0.246 e. The number of hydrogen-bond donors (Lipinski definition) is 20. The first kappa shape index (κ1) is 115. The van der Waals surface area contributed by atoms with Crippen LogP contribution in [0.3, 0.4) is 0 Å². The number of hydrogen-bond acceptors (Lipinski definition) is 26. The number of nitrogens with zero attached hydrogens (tertiary/aromatic N) is 6. The molecule has 768 valence electrons. The van der Waals surface area contributed by atoms with Crippen molar-refractivity contribution in [2.24, 2.45) is 33.1 Å². The van der Waals surface area contributed by atoms with Crippen LogP contribution in [0.2, 0.25) is 0 Å². The van der Waals surface area contributed by atoms with E-state index >= 15 is 0 Å². The predicted molar refractivity (Wildman–Crippen MR) is 515 cm³/mol. The van der Waals surface area contributed by atoms with Gasteiger partial charge in [0.15, 0.2) is 17.6 Å². The number of guanidine groups is 1. The highest BCUT2D eigenvalue weighted by Gasteiger charge is 2.43. The molecule has 2 saturated heterocycles. The number of H-pyrrole nitrogens is 2. The standard InChI is InChI=1S/C50H86N14O13.C45H61N9O8/c1-3-4-20-36(46(71)52-2)57-50(75)40(33-66)60-48(73)38(30-35-19-18-25-53-35)59-47(72)37(23-24-41(51)67)58-49(74)39(32-65)56-44(69)31-55-45(70)34-77-29-28-76-27-26-54-43(68)22-17-15-13-11-9-7-5-6-8-10-12-14-16-21-42-61-63-64-62-42;1-27-19-20-31(56)14-7-4-8-16-34(28(2)55)50-42(60)38(23-30-25-49-35-17-10-9-15-33(30)35)52-40(58)36(18-11-21-48-45(46)47)51-41(59)37(22-29-12-5-3-6-13-29)53-43(61)39-24-32(57)26-54(39)44(27)62/h19,25,36-40,65-66H,3-18,20-24,26-34H2,1-2H3,(H2,51,67)(H,52,71)(H,54,68)(H,55,70)(H,56,69)(H,57,75)(H,58,74)(H,59,72)(H,60,73)(H,61,62,63,64);3,5-6,9-10,12-13,15,17,25,27,32,34,36-39,49,57H,4,7-8,11,14,16,18-24,26H2,1-2H3,(H,50,60)(H,51,59)(H,52,58)(H,53,61)(H4,46,47,48)/t36-,37-,38-,39-,40-;27-,32+,34-,36-,37+,38-,39-/m00/s1. The molecule has 0 saturated carbocycles. The van der Waals surface area contributed by atoms with Crippen LogP contribution < -0.4 is 81.0 Å². The van der Waals surface area contributed by atoms with E-state index in [1.165, 1.54) is 76.7 Å². The first-order valence-corrected chi connectivity index (χ1v) is 48.6. The minimum Gasteiger partial charge on any atom is -0.394 e. The fraction of sp³-hybridized carbons (Fsp3) is 0.632. The van der Waals surface area contributed by atoms with Gasteiger partial charge in [-0.15, -0.1) is 10.2 Å². The molecule has 0 radical (unpaired) electrons. The highest BCUT2D eigenvalue weighted by atomic mass is 16.5. The molecule has 3 aliphatic rings. The average Bonchev–Trinajstić information content (AvgIpc) is 1.71. The van der Waals surface area contributed by atoms with E-state index in [2.05, 4.69) is 99.4 Å². The molecule has 139 heavy (non-hydrogen) atoms. The van der Waals surface area contributed by atoms with Crippen LogP contribution in [-0.2, 0) is 105 Å². The number of ether oxygens (including phenoxy) is 2. The summed E-state index contributed by atoms with van der Waals surface area (Å²) in [5.41, 5.74) is 19.1. The Bertz CT molecular complexity index is 4650. The van der Waals surface area contributed by atoms with E-state index in [0.717, 1.165) is 60.8 Å². The number of primary amides is 1. The predicted octanol–water partition coefficient (Wildman–Crippen LogP) is 0.274. The molecule has 23 N–H and O–H groups in total. The SMILES string of the molecule is CC(=O)[C@@H]1CCCCCC(=O)CC[C@H](C)C(=O)N2C[C@H](O)C[C@H]2C(=O)N[C@H](Cc2ccccc2)C(=O)N[C@@H](CCCN=C(N)N)C(=O)N[C@@H](Cc2c[nH]c3ccccc23)C(=O)N1.CCCC[C@H](NC(=O)[C@H](CO)NC(=O)[C@H](CC1=CCC=N1)NC(=O)[C@H](CCC(N)=O)NC(=O)[C@H](CO)NC(=O)CNC(=O)COCCOCCNC(=O)CCCCCCCCCCCCCCCc1nn[nH]n1)C(=O)NC. The number of carbonyl (C=O) groups is 16. The summed E-state index contributed by atoms with van der Waals surface area (Å²) in [6.45, 7) is 2.93. The number of benzene rings is 2. The molecule has 44 heteroatoms. The Morgan fingerprint density at radius 3 is 1.86 bits per heavy atom. The number of aromatic amines is 2. The Balaban J connectivity index is 0.000000435. The smallest absolute Gasteiger partial charge is 0.246 e. The molecule has 5 heterocycles. The number of rotatable bonds is 55. The van der Waals surface area contributed by atoms with Gasteiger partial charge in [0.25, 0.3) is 0 Å². The van der Waals surface area contributed by atoms with Crippen molar-refractivity contribution in [1.82, 2.24) is 94.3 Å². The van der Waals surface area contributed by atoms with E-state index in [9.17, 15) is 92.0 Å². The topological polar surface area (TPSA) is 673 Å². The van der Waals surface area contributed by atoms with Crippen LogP contribution in [0.5, 0.6) is 0 Å². The third-order valence-electron chi connectivity index (χ3n) is 23.9. The molecule has 0 aliphatic carbocycles. The first-order chi connectivity index (χ1) is 66.9. The number of tetrazole rings is 1. The molecule has 7 rings (SSSR count). The van der Waals surface area contributed by atoms with E-state index in [1.807, 2.05) is 31.2 Å². The number of amides is 14. The Morgan fingerprint density at radius 1 is 0.604 bits per heavy atom. The lowest BCUT2D eigenvalue weighted by atomic mass is 9.98. The zero-order chi connectivity index (χ0) is 101. The zero-order valence-electron chi connectivity index (χ0n) is 80.6. The number of carbonyl (C=O) groups excluding carboxylic acids is 16. The number of aromatic nitrogens is 5. The number of nitrogens with one attached hydrogen (secondary N) is 14. The van der Waals surface area contributed by atoms with E-state index in [4.69, 9.17) is 26.7 Å². The fourth-order valence-electron chi connectivity index (χ4n) is 15.9. The minimum atomic E-state index is -1.64. The number of unbranched alkanes of at least 4 members (excludes halogenated alkanes) is 13. The van der Waals surface area contributed by atoms with Crippen molar-refractivity contribution in [3.8, 4) is 0 Å². The van der Waals surface area contributed by atoms with E-state index in [-0.39, 0.29) is 126 Å². The van der Waals surface area contributed by atoms with Crippen LogP contribution in [0.15, 0.2) is 82.6 Å². The number of fused-ring (bicyclic) bond motifs is 2. The number of aryl methyl sites for hydroxylation is 1. The van der Waals surface area contributed by atoms with Gasteiger partial charge >= 0.3 is 0 Å². The lowest BCUT2D eigenvalue weighted by molar-refractivity contribution is -0.142. The normalized spacial score (nSPS) is 19.0. The second-order valence-corrected chi connectivity index (χ2v) is 35.2. The summed E-state index contributed by atoms with van der Waals surface area (Å²) in [6.07, 6.45) is 24.7. The molecular weight excluding hydrogens is 1800 g/mol. The van der Waals surface area contributed by atoms with Crippen molar-refractivity contribution in [3.63, 3.8) is 0 Å². The number of aliphatic hydroxyl groups excluding tert-OH is 3. The zero-order valence-corrected chi connectivity index (χ0v) is 80.6. The largest absolute Gasteiger partial charge is 0.394 e. The van der Waals surface area contributed by atoms with Crippen LogP contribution in [0.4, 0.5) is 0 Å². The molecular formula is C95H147N23O21. The van der Waals surface area contributed by atoms with Gasteiger partial charge in [-0.05, 0) is 81.9 Å². The molecule has 12 atom stereocenters. The van der Waals surface area contributed by atoms with Crippen molar-refractivity contribution in [2.75, 3.05) is 72.9 Å². The number of aliphatic hydroxyl groups is 3. The highest BCUT2D eigenvalue weighted by Crippen LogP contribution is 2.26. The van der Waals surface area contributed by atoms with Crippen LogP contribution >= 0.6 is 0 Å². The van der Waals surface area contributed by atoms with E-state index in [1.54, 1.807) is 55.7 Å². The Kier molecular flexibility index (Phi) is 54.1. The minimum absolute atomic E-state index is 0.0144. The van der Waals surface area contributed by atoms with Crippen LogP contribution in [0, 0.1) is 5.92 Å². The van der Waals surface area contributed by atoms with Gasteiger partial charge in [-0.25, -0.2) is 0 Å². The number of likely N-dealkylation sites (N-methyl/N-ethyl adjacent to an activating group) is 1. The van der Waals surface area contributed by atoms with Gasteiger partial charge in [-0.2, -0.15) is 5.21 Å². The molecule has 44 nitrogen and oxygen atoms in total. The Labute approximate surface area is 810 Å². The van der Waals surface area contributed by atoms with Gasteiger partial charge in [0.2, 0.25) is 82.7 Å². The monoisotopic (exact) mass is 1950 g/mol. The molecule has 2 fully saturated rings. The summed E-state index contributed by atoms with van der Waals surface area (Å²) < 4.78 is 10.7. The van der Waals surface area contributed by atoms with Crippen molar-refractivity contribution >= 4 is 117 Å². The Hall–Kier alpha value is -12.5. The number of allylic oxidation sites excluding steroid dienone is 1. The van der Waals surface area contributed by atoms with Crippen molar-refractivity contribution in [3.05, 3.63) is 89.5 Å². The molecule has 14 amide bonds. The summed E-state index contributed by atoms with van der Waals surface area (Å²) in [7, 11) is 1.40. The summed E-state index contributed by atoms with van der Waals surface area (Å²) in [6, 6.07) is 3.69. The van der Waals surface area contributed by atoms with Crippen molar-refractivity contribution in [1.29, 1.82) is 0 Å². The lowest BCUT2D eigenvalue weighted by Gasteiger charge is -2.29. The molecule has 0 unspecified atom stereocenters. The number of ketones is 2. The summed E-state index contributed by atoms with van der Waals surface area (Å²) in [4.78, 5) is 224. The van der Waals surface area contributed by atoms with Crippen LogP contribution in [0.25, 0.3) is 10.9 Å². The van der Waals surface area contributed by atoms with Gasteiger partial charge in [0.05, 0.1) is 51.7 Å². The highest BCUT2D eigenvalue weighted by molar-refractivity contribution is 6.00. The number of aliphatic imine (C=N–C) groups is 2. The van der Waals surface area contributed by atoms with Crippen molar-refractivity contribution < 1.29 is 102 Å². The number of Topliss-reactive ketones (excluding diaryl/α,β-unsaturated/α-hetero) is 2. The second kappa shape index (κ2) is 65.3. The van der Waals surface area contributed by atoms with Gasteiger partial charge in [0.1, 0.15) is 66.8 Å². The number of para-hydroxylation sites is 1. The lowest BCUT2D eigenvalue weighted by Crippen LogP contribution is -2.60. The molecule has 2 aromatic carbocycles. The van der Waals surface area contributed by atoms with Crippen LogP contribution in [0.1, 0.15) is 237 Å². The number of nitrogens with two attached hydrogens (primary N) is 3. The van der Waals surface area contributed by atoms with E-state index < -0.39 is 176 Å². The Morgan fingerprint density at radius 2 is 1.21 bits per heavy atom.